The molecule has 0 aliphatic carbocycles. The standard InChI is InChI=1S/C22H25N3O3/c1-16-20(22(26)25(23-16)18-6-4-3-5-7-18)21(24-12-14-28-15-13-24)17-8-10-19(27-2)11-9-17/h3-11,20-21H,12-15H2,1-2H3/t20-,21-/m1/s1. The third-order valence-electron chi connectivity index (χ3n) is 5.40. The minimum atomic E-state index is -0.327. The fraction of sp³-hybridized carbons (Fsp3) is 0.364. The Labute approximate surface area is 165 Å². The Morgan fingerprint density at radius 3 is 2.39 bits per heavy atom. The van der Waals surface area contributed by atoms with Gasteiger partial charge >= 0.3 is 0 Å². The molecule has 1 amide bonds. The first kappa shape index (κ1) is 18.7. The van der Waals surface area contributed by atoms with Crippen LogP contribution in [0.5, 0.6) is 5.75 Å². The topological polar surface area (TPSA) is 54.4 Å². The Morgan fingerprint density at radius 1 is 1.07 bits per heavy atom. The zero-order valence-electron chi connectivity index (χ0n) is 16.2. The van der Waals surface area contributed by atoms with Crippen LogP contribution < -0.4 is 9.75 Å². The number of anilines is 1. The van der Waals surface area contributed by atoms with E-state index in [9.17, 15) is 4.79 Å². The number of hydrogen-bond donors (Lipinski definition) is 0. The molecule has 2 atom stereocenters. The highest BCUT2D eigenvalue weighted by atomic mass is 16.5. The number of para-hydroxylation sites is 1. The number of methoxy groups -OCH3 is 1. The zero-order chi connectivity index (χ0) is 19.5. The largest absolute Gasteiger partial charge is 0.497 e. The molecule has 0 spiro atoms. The summed E-state index contributed by atoms with van der Waals surface area (Å²) in [7, 11) is 1.66. The number of rotatable bonds is 5. The fourth-order valence-electron chi connectivity index (χ4n) is 3.97. The second kappa shape index (κ2) is 8.12. The Hall–Kier alpha value is -2.70. The molecular weight excluding hydrogens is 354 g/mol. The van der Waals surface area contributed by atoms with Gasteiger partial charge in [-0.05, 0) is 36.8 Å². The molecule has 1 saturated heterocycles. The lowest BCUT2D eigenvalue weighted by atomic mass is 9.87. The van der Waals surface area contributed by atoms with Crippen molar-refractivity contribution in [3.05, 3.63) is 60.2 Å². The number of nitrogens with zero attached hydrogens (tertiary/aromatic N) is 3. The van der Waals surface area contributed by atoms with Gasteiger partial charge in [0, 0.05) is 13.1 Å². The van der Waals surface area contributed by atoms with Crippen LogP contribution >= 0.6 is 0 Å². The van der Waals surface area contributed by atoms with Crippen molar-refractivity contribution in [1.29, 1.82) is 0 Å². The van der Waals surface area contributed by atoms with Gasteiger partial charge in [-0.3, -0.25) is 9.69 Å². The number of carbonyl (C=O) groups is 1. The minimum Gasteiger partial charge on any atom is -0.497 e. The number of benzene rings is 2. The predicted octanol–water partition coefficient (Wildman–Crippen LogP) is 3.11. The van der Waals surface area contributed by atoms with E-state index in [1.807, 2.05) is 61.5 Å². The number of amides is 1. The first-order chi connectivity index (χ1) is 13.7. The Balaban J connectivity index is 1.69. The van der Waals surface area contributed by atoms with Crippen LogP contribution in [0.15, 0.2) is 59.7 Å². The number of ether oxygens (including phenoxy) is 2. The molecule has 0 radical (unpaired) electrons. The van der Waals surface area contributed by atoms with Gasteiger partial charge in [-0.15, -0.1) is 0 Å². The lowest BCUT2D eigenvalue weighted by Gasteiger charge is -2.37. The smallest absolute Gasteiger partial charge is 0.258 e. The zero-order valence-corrected chi connectivity index (χ0v) is 16.2. The number of morpholine rings is 1. The first-order valence-electron chi connectivity index (χ1n) is 9.59. The van der Waals surface area contributed by atoms with E-state index in [4.69, 9.17) is 9.47 Å². The second-order valence-electron chi connectivity index (χ2n) is 7.07. The van der Waals surface area contributed by atoms with Crippen LogP contribution in [0, 0.1) is 5.92 Å². The van der Waals surface area contributed by atoms with Crippen molar-refractivity contribution in [2.75, 3.05) is 38.4 Å². The summed E-state index contributed by atoms with van der Waals surface area (Å²) in [6.07, 6.45) is 0. The number of hydrazone groups is 1. The van der Waals surface area contributed by atoms with E-state index in [1.165, 1.54) is 5.01 Å². The van der Waals surface area contributed by atoms with Crippen molar-refractivity contribution in [1.82, 2.24) is 4.90 Å². The van der Waals surface area contributed by atoms with Crippen LogP contribution in [0.4, 0.5) is 5.69 Å². The van der Waals surface area contributed by atoms with Gasteiger partial charge in [0.15, 0.2) is 0 Å². The van der Waals surface area contributed by atoms with E-state index in [0.717, 1.165) is 35.8 Å². The molecule has 0 unspecified atom stereocenters. The maximum absolute atomic E-state index is 13.4. The van der Waals surface area contributed by atoms with Crippen LogP contribution in [0.25, 0.3) is 0 Å². The van der Waals surface area contributed by atoms with Crippen molar-refractivity contribution >= 4 is 17.3 Å². The Bertz CT molecular complexity index is 845. The van der Waals surface area contributed by atoms with Gasteiger partial charge in [0.05, 0.1) is 43.7 Å². The van der Waals surface area contributed by atoms with Crippen LogP contribution in [0.3, 0.4) is 0 Å². The molecule has 4 rings (SSSR count). The third-order valence-corrected chi connectivity index (χ3v) is 5.40. The van der Waals surface area contributed by atoms with Crippen molar-refractivity contribution < 1.29 is 14.3 Å². The summed E-state index contributed by atoms with van der Waals surface area (Å²) < 4.78 is 10.8. The quantitative estimate of drug-likeness (QED) is 0.801. The monoisotopic (exact) mass is 379 g/mol. The molecule has 0 saturated carbocycles. The molecule has 2 aromatic carbocycles. The molecule has 6 nitrogen and oxygen atoms in total. The van der Waals surface area contributed by atoms with Gasteiger partial charge in [-0.2, -0.15) is 5.10 Å². The molecule has 0 N–H and O–H groups in total. The predicted molar refractivity (Wildman–Crippen MR) is 109 cm³/mol. The maximum Gasteiger partial charge on any atom is 0.258 e. The van der Waals surface area contributed by atoms with Crippen LogP contribution in [0.1, 0.15) is 18.5 Å². The molecule has 0 aromatic heterocycles. The van der Waals surface area contributed by atoms with Crippen molar-refractivity contribution in [3.8, 4) is 5.75 Å². The molecule has 1 fully saturated rings. The molecule has 0 bridgehead atoms. The van der Waals surface area contributed by atoms with Crippen molar-refractivity contribution in [3.63, 3.8) is 0 Å². The highest BCUT2D eigenvalue weighted by Gasteiger charge is 2.43. The average molecular weight is 379 g/mol. The summed E-state index contributed by atoms with van der Waals surface area (Å²) in [5, 5.41) is 6.15. The van der Waals surface area contributed by atoms with Gasteiger partial charge in [0.25, 0.3) is 5.91 Å². The van der Waals surface area contributed by atoms with E-state index in [0.29, 0.717) is 13.2 Å². The SMILES string of the molecule is COc1ccc([C@H]([C@@H]2C(=O)N(c3ccccc3)N=C2C)N2CCOCC2)cc1. The average Bonchev–Trinajstić information content (AvgIpc) is 3.05. The van der Waals surface area contributed by atoms with Gasteiger partial charge in [0.1, 0.15) is 5.75 Å². The van der Waals surface area contributed by atoms with Crippen LogP contribution in [-0.4, -0.2) is 49.9 Å². The molecule has 146 valence electrons. The molecule has 2 aliphatic heterocycles. The highest BCUT2D eigenvalue weighted by Crippen LogP contribution is 2.37. The summed E-state index contributed by atoms with van der Waals surface area (Å²) in [6, 6.07) is 17.5. The van der Waals surface area contributed by atoms with E-state index in [2.05, 4.69) is 10.0 Å². The van der Waals surface area contributed by atoms with E-state index in [-0.39, 0.29) is 17.9 Å². The van der Waals surface area contributed by atoms with Gasteiger partial charge < -0.3 is 9.47 Å². The summed E-state index contributed by atoms with van der Waals surface area (Å²) >= 11 is 0. The van der Waals surface area contributed by atoms with Gasteiger partial charge in [-0.25, -0.2) is 5.01 Å². The van der Waals surface area contributed by atoms with Crippen molar-refractivity contribution in [2.24, 2.45) is 11.0 Å². The van der Waals surface area contributed by atoms with E-state index < -0.39 is 0 Å². The lowest BCUT2D eigenvalue weighted by Crippen LogP contribution is -2.45. The summed E-state index contributed by atoms with van der Waals surface area (Å²) in [6.45, 7) is 4.87. The molecule has 2 heterocycles. The summed E-state index contributed by atoms with van der Waals surface area (Å²) in [5.41, 5.74) is 2.72. The highest BCUT2D eigenvalue weighted by molar-refractivity contribution is 6.15. The summed E-state index contributed by atoms with van der Waals surface area (Å²) in [4.78, 5) is 15.8. The molecule has 28 heavy (non-hydrogen) atoms. The fourth-order valence-corrected chi connectivity index (χ4v) is 3.97. The van der Waals surface area contributed by atoms with E-state index in [1.54, 1.807) is 7.11 Å². The van der Waals surface area contributed by atoms with Crippen LogP contribution in [0.2, 0.25) is 0 Å². The first-order valence-corrected chi connectivity index (χ1v) is 9.59. The molecule has 6 heteroatoms. The maximum atomic E-state index is 13.4. The normalized spacial score (nSPS) is 21.5. The van der Waals surface area contributed by atoms with Crippen molar-refractivity contribution in [2.45, 2.75) is 13.0 Å². The Morgan fingerprint density at radius 2 is 1.75 bits per heavy atom. The second-order valence-corrected chi connectivity index (χ2v) is 7.07. The minimum absolute atomic E-state index is 0.0102. The summed E-state index contributed by atoms with van der Waals surface area (Å²) in [5.74, 6) is 0.487. The molecular formula is C22H25N3O3. The van der Waals surface area contributed by atoms with Crippen LogP contribution in [-0.2, 0) is 9.53 Å². The van der Waals surface area contributed by atoms with Gasteiger partial charge in [0.2, 0.25) is 0 Å². The van der Waals surface area contributed by atoms with E-state index >= 15 is 0 Å². The number of hydrogen-bond acceptors (Lipinski definition) is 5. The number of carbonyl (C=O) groups excluding carboxylic acids is 1. The molecule has 2 aromatic rings. The Kier molecular flexibility index (Phi) is 5.41. The van der Waals surface area contributed by atoms with Gasteiger partial charge in [-0.1, -0.05) is 30.3 Å². The lowest BCUT2D eigenvalue weighted by molar-refractivity contribution is -0.122. The molecule has 2 aliphatic rings. The third kappa shape index (κ3) is 3.53.